The molecular formula is C9H17N3O4. The lowest BCUT2D eigenvalue weighted by atomic mass is 10.3. The summed E-state index contributed by atoms with van der Waals surface area (Å²) in [6, 6.07) is -1.45. The lowest BCUT2D eigenvalue weighted by molar-refractivity contribution is -0.141. The highest BCUT2D eigenvalue weighted by molar-refractivity contribution is 5.86. The van der Waals surface area contributed by atoms with Crippen LogP contribution in [0.1, 0.15) is 6.92 Å². The molecule has 0 saturated carbocycles. The molecule has 0 aromatic carbocycles. The normalized spacial score (nSPS) is 11.5. The van der Waals surface area contributed by atoms with Crippen LogP contribution in [0.5, 0.6) is 0 Å². The molecule has 0 aliphatic carbocycles. The van der Waals surface area contributed by atoms with Gasteiger partial charge in [-0.15, -0.1) is 0 Å². The summed E-state index contributed by atoms with van der Waals surface area (Å²) in [5.41, 5.74) is 0. The molecule has 1 unspecified atom stereocenters. The maximum Gasteiger partial charge on any atom is 0.326 e. The van der Waals surface area contributed by atoms with Crippen LogP contribution in [-0.4, -0.2) is 66.5 Å². The Hall–Kier alpha value is -1.79. The van der Waals surface area contributed by atoms with Crippen LogP contribution in [0.25, 0.3) is 0 Å². The summed E-state index contributed by atoms with van der Waals surface area (Å²) in [4.78, 5) is 35.5. The minimum Gasteiger partial charge on any atom is -0.480 e. The molecule has 0 fully saturated rings. The molecule has 0 rings (SSSR count). The van der Waals surface area contributed by atoms with Crippen LogP contribution in [0.15, 0.2) is 0 Å². The van der Waals surface area contributed by atoms with E-state index in [4.69, 9.17) is 5.11 Å². The van der Waals surface area contributed by atoms with Crippen molar-refractivity contribution in [2.24, 2.45) is 0 Å². The fourth-order valence-electron chi connectivity index (χ4n) is 0.963. The van der Waals surface area contributed by atoms with Gasteiger partial charge in [0, 0.05) is 21.1 Å². The van der Waals surface area contributed by atoms with Gasteiger partial charge in [-0.2, -0.15) is 0 Å². The van der Waals surface area contributed by atoms with Gasteiger partial charge in [0.15, 0.2) is 0 Å². The van der Waals surface area contributed by atoms with Crippen LogP contribution in [0.4, 0.5) is 4.79 Å². The maximum absolute atomic E-state index is 11.6. The van der Waals surface area contributed by atoms with Gasteiger partial charge in [-0.05, 0) is 6.92 Å². The zero-order valence-electron chi connectivity index (χ0n) is 9.85. The van der Waals surface area contributed by atoms with Crippen molar-refractivity contribution in [3.05, 3.63) is 0 Å². The molecule has 2 N–H and O–H groups in total. The number of likely N-dealkylation sites (N-methyl/N-ethyl adjacent to an activating group) is 3. The first-order chi connectivity index (χ1) is 7.31. The number of carbonyl (C=O) groups excluding carboxylic acids is 2. The van der Waals surface area contributed by atoms with E-state index >= 15 is 0 Å². The first-order valence-electron chi connectivity index (χ1n) is 4.72. The number of aliphatic carboxylic acids is 1. The Labute approximate surface area is 94.0 Å². The summed E-state index contributed by atoms with van der Waals surface area (Å²) < 4.78 is 0. The number of amides is 3. The van der Waals surface area contributed by atoms with Gasteiger partial charge < -0.3 is 20.2 Å². The van der Waals surface area contributed by atoms with E-state index in [0.717, 1.165) is 9.80 Å². The average Bonchev–Trinajstić information content (AvgIpc) is 2.25. The van der Waals surface area contributed by atoms with Gasteiger partial charge in [0.1, 0.15) is 12.6 Å². The molecule has 0 aromatic heterocycles. The van der Waals surface area contributed by atoms with Crippen LogP contribution in [-0.2, 0) is 9.59 Å². The molecule has 7 nitrogen and oxygen atoms in total. The fraction of sp³-hybridized carbons (Fsp3) is 0.667. The third-order valence-electron chi connectivity index (χ3n) is 2.23. The van der Waals surface area contributed by atoms with Gasteiger partial charge in [0.05, 0.1) is 0 Å². The number of rotatable bonds is 4. The average molecular weight is 231 g/mol. The zero-order chi connectivity index (χ0) is 12.9. The lowest BCUT2D eigenvalue weighted by Crippen LogP contribution is -2.48. The largest absolute Gasteiger partial charge is 0.480 e. The fourth-order valence-corrected chi connectivity index (χ4v) is 0.963. The standard InChI is InChI=1S/C9H17N3O4/c1-6(8(14)15)12(4)9(16)11(3)5-7(13)10-2/h6H,5H2,1-4H3,(H,10,13)(H,14,15). The molecule has 0 aromatic rings. The Morgan fingerprint density at radius 2 is 1.81 bits per heavy atom. The molecule has 92 valence electrons. The second-order valence-electron chi connectivity index (χ2n) is 3.44. The van der Waals surface area contributed by atoms with E-state index in [-0.39, 0.29) is 12.5 Å². The van der Waals surface area contributed by atoms with E-state index in [1.54, 1.807) is 0 Å². The van der Waals surface area contributed by atoms with Crippen LogP contribution < -0.4 is 5.32 Å². The Morgan fingerprint density at radius 3 is 2.19 bits per heavy atom. The summed E-state index contributed by atoms with van der Waals surface area (Å²) in [5, 5.41) is 11.1. The monoisotopic (exact) mass is 231 g/mol. The van der Waals surface area contributed by atoms with Crippen molar-refractivity contribution in [3.63, 3.8) is 0 Å². The molecule has 0 bridgehead atoms. The molecule has 0 radical (unpaired) electrons. The smallest absolute Gasteiger partial charge is 0.326 e. The van der Waals surface area contributed by atoms with Gasteiger partial charge >= 0.3 is 12.0 Å². The van der Waals surface area contributed by atoms with Crippen molar-refractivity contribution in [1.82, 2.24) is 15.1 Å². The number of hydrogen-bond donors (Lipinski definition) is 2. The summed E-state index contributed by atoms with van der Waals surface area (Å²) in [6.07, 6.45) is 0. The van der Waals surface area contributed by atoms with Crippen LogP contribution in [0, 0.1) is 0 Å². The van der Waals surface area contributed by atoms with Crippen LogP contribution >= 0.6 is 0 Å². The highest BCUT2D eigenvalue weighted by Gasteiger charge is 2.24. The third kappa shape index (κ3) is 3.76. The number of carboxylic acid groups (broad SMARTS) is 1. The number of urea groups is 1. The lowest BCUT2D eigenvalue weighted by Gasteiger charge is -2.26. The Morgan fingerprint density at radius 1 is 1.31 bits per heavy atom. The van der Waals surface area contributed by atoms with Crippen molar-refractivity contribution >= 4 is 17.9 Å². The molecule has 0 aliphatic heterocycles. The van der Waals surface area contributed by atoms with E-state index in [9.17, 15) is 14.4 Å². The number of carboxylic acids is 1. The molecule has 0 spiro atoms. The number of hydrogen-bond acceptors (Lipinski definition) is 3. The van der Waals surface area contributed by atoms with E-state index in [1.165, 1.54) is 28.1 Å². The second-order valence-corrected chi connectivity index (χ2v) is 3.44. The minimum atomic E-state index is -1.09. The third-order valence-corrected chi connectivity index (χ3v) is 2.23. The van der Waals surface area contributed by atoms with Gasteiger partial charge in [0.2, 0.25) is 5.91 Å². The molecular weight excluding hydrogens is 214 g/mol. The van der Waals surface area contributed by atoms with Crippen LogP contribution in [0.3, 0.4) is 0 Å². The van der Waals surface area contributed by atoms with E-state index < -0.39 is 18.0 Å². The van der Waals surface area contributed by atoms with Crippen molar-refractivity contribution in [2.75, 3.05) is 27.7 Å². The van der Waals surface area contributed by atoms with Crippen LogP contribution in [0.2, 0.25) is 0 Å². The highest BCUT2D eigenvalue weighted by atomic mass is 16.4. The van der Waals surface area contributed by atoms with Gasteiger partial charge in [-0.1, -0.05) is 0 Å². The maximum atomic E-state index is 11.6. The number of nitrogens with zero attached hydrogens (tertiary/aromatic N) is 2. The summed E-state index contributed by atoms with van der Waals surface area (Å²) in [5.74, 6) is -1.41. The Kier molecular flexibility index (Phi) is 5.27. The number of nitrogens with one attached hydrogen (secondary N) is 1. The summed E-state index contributed by atoms with van der Waals surface area (Å²) in [7, 11) is 4.27. The van der Waals surface area contributed by atoms with Crippen molar-refractivity contribution in [1.29, 1.82) is 0 Å². The Balaban J connectivity index is 4.43. The molecule has 0 saturated heterocycles. The first-order valence-corrected chi connectivity index (χ1v) is 4.72. The van der Waals surface area contributed by atoms with Crippen molar-refractivity contribution in [3.8, 4) is 0 Å². The highest BCUT2D eigenvalue weighted by Crippen LogP contribution is 2.00. The van der Waals surface area contributed by atoms with Gasteiger partial charge in [-0.25, -0.2) is 9.59 Å². The molecule has 1 atom stereocenters. The predicted octanol–water partition coefficient (Wildman–Crippen LogP) is -0.811. The topological polar surface area (TPSA) is 90.0 Å². The molecule has 16 heavy (non-hydrogen) atoms. The minimum absolute atomic E-state index is 0.105. The van der Waals surface area contributed by atoms with E-state index in [1.807, 2.05) is 0 Å². The second kappa shape index (κ2) is 5.94. The summed E-state index contributed by atoms with van der Waals surface area (Å²) >= 11 is 0. The SMILES string of the molecule is CNC(=O)CN(C)C(=O)N(C)C(C)C(=O)O. The number of carbonyl (C=O) groups is 3. The first kappa shape index (κ1) is 14.2. The van der Waals surface area contributed by atoms with Crippen molar-refractivity contribution < 1.29 is 19.5 Å². The van der Waals surface area contributed by atoms with Gasteiger partial charge in [-0.3, -0.25) is 4.79 Å². The summed E-state index contributed by atoms with van der Waals surface area (Å²) in [6.45, 7) is 1.29. The predicted molar refractivity (Wildman–Crippen MR) is 57.0 cm³/mol. The van der Waals surface area contributed by atoms with E-state index in [2.05, 4.69) is 5.32 Å². The Bertz CT molecular complexity index is 292. The van der Waals surface area contributed by atoms with Crippen molar-refractivity contribution in [2.45, 2.75) is 13.0 Å². The molecule has 7 heteroatoms. The molecule has 0 aliphatic rings. The van der Waals surface area contributed by atoms with E-state index in [0.29, 0.717) is 0 Å². The molecule has 0 heterocycles. The quantitative estimate of drug-likeness (QED) is 0.662. The molecule has 3 amide bonds. The zero-order valence-corrected chi connectivity index (χ0v) is 9.85. The van der Waals surface area contributed by atoms with Gasteiger partial charge in [0.25, 0.3) is 0 Å².